The Hall–Kier alpha value is -2.15. The lowest BCUT2D eigenvalue weighted by Crippen LogP contribution is -2.36. The Morgan fingerprint density at radius 3 is 2.95 bits per heavy atom. The van der Waals surface area contributed by atoms with Gasteiger partial charge >= 0.3 is 0 Å². The average molecular weight is 289 g/mol. The predicted octanol–water partition coefficient (Wildman–Crippen LogP) is 0.601. The number of H-pyrrole nitrogens is 1. The lowest BCUT2D eigenvalue weighted by atomic mass is 10.1. The van der Waals surface area contributed by atoms with Crippen molar-refractivity contribution in [3.05, 3.63) is 18.0 Å². The number of aromatic amines is 1. The van der Waals surface area contributed by atoms with Gasteiger partial charge in [-0.1, -0.05) is 0 Å². The number of carbonyl (C=O) groups is 1. The van der Waals surface area contributed by atoms with Crippen molar-refractivity contribution in [1.82, 2.24) is 15.2 Å². The van der Waals surface area contributed by atoms with Gasteiger partial charge in [-0.15, -0.1) is 0 Å². The molecular formula is C14H19N5O2. The van der Waals surface area contributed by atoms with Gasteiger partial charge in [-0.2, -0.15) is 5.10 Å². The van der Waals surface area contributed by atoms with Crippen LogP contribution in [0.3, 0.4) is 0 Å². The SMILES string of the molecule is COC1CCN(c2n[nH]c3cc(CC(N)=O)ncc23)CC1. The molecule has 1 fully saturated rings. The number of ether oxygens (including phenoxy) is 1. The summed E-state index contributed by atoms with van der Waals surface area (Å²) in [5.41, 5.74) is 6.73. The van der Waals surface area contributed by atoms with Crippen LogP contribution >= 0.6 is 0 Å². The summed E-state index contributed by atoms with van der Waals surface area (Å²) in [7, 11) is 1.76. The zero-order chi connectivity index (χ0) is 14.8. The third kappa shape index (κ3) is 2.82. The number of carbonyl (C=O) groups excluding carboxylic acids is 1. The Bertz CT molecular complexity index is 646. The summed E-state index contributed by atoms with van der Waals surface area (Å²) in [5, 5.41) is 8.37. The molecule has 0 aromatic carbocycles. The minimum atomic E-state index is -0.386. The second kappa shape index (κ2) is 5.69. The molecule has 1 amide bonds. The zero-order valence-electron chi connectivity index (χ0n) is 12.0. The van der Waals surface area contributed by atoms with E-state index in [4.69, 9.17) is 10.5 Å². The van der Waals surface area contributed by atoms with E-state index >= 15 is 0 Å². The summed E-state index contributed by atoms with van der Waals surface area (Å²) in [5.74, 6) is 0.529. The first-order chi connectivity index (χ1) is 10.2. The van der Waals surface area contributed by atoms with Crippen LogP contribution in [0, 0.1) is 0 Å². The number of anilines is 1. The van der Waals surface area contributed by atoms with Crippen LogP contribution in [0.5, 0.6) is 0 Å². The number of hydrogen-bond donors (Lipinski definition) is 2. The number of primary amides is 1. The number of aromatic nitrogens is 3. The molecule has 2 aromatic rings. The number of hydrogen-bond acceptors (Lipinski definition) is 5. The number of amides is 1. The van der Waals surface area contributed by atoms with Crippen LogP contribution < -0.4 is 10.6 Å². The normalized spacial score (nSPS) is 16.5. The van der Waals surface area contributed by atoms with Crippen LogP contribution in [0.1, 0.15) is 18.5 Å². The number of piperidine rings is 1. The predicted molar refractivity (Wildman–Crippen MR) is 79.0 cm³/mol. The van der Waals surface area contributed by atoms with E-state index in [1.165, 1.54) is 0 Å². The van der Waals surface area contributed by atoms with E-state index in [1.807, 2.05) is 6.07 Å². The molecule has 0 radical (unpaired) electrons. The molecule has 3 rings (SSSR count). The van der Waals surface area contributed by atoms with E-state index in [1.54, 1.807) is 13.3 Å². The Balaban J connectivity index is 1.82. The molecule has 0 aliphatic carbocycles. The minimum Gasteiger partial charge on any atom is -0.381 e. The maximum absolute atomic E-state index is 11.0. The third-order valence-electron chi connectivity index (χ3n) is 3.91. The van der Waals surface area contributed by atoms with Crippen molar-refractivity contribution in [2.45, 2.75) is 25.4 Å². The lowest BCUT2D eigenvalue weighted by molar-refractivity contribution is -0.117. The monoisotopic (exact) mass is 289 g/mol. The van der Waals surface area contributed by atoms with Gasteiger partial charge in [0, 0.05) is 26.4 Å². The first kappa shape index (κ1) is 13.8. The molecule has 7 nitrogen and oxygen atoms in total. The Kier molecular flexibility index (Phi) is 3.74. The molecular weight excluding hydrogens is 270 g/mol. The van der Waals surface area contributed by atoms with Gasteiger partial charge in [-0.05, 0) is 18.9 Å². The van der Waals surface area contributed by atoms with Crippen molar-refractivity contribution >= 4 is 22.6 Å². The maximum atomic E-state index is 11.0. The molecule has 1 saturated heterocycles. The highest BCUT2D eigenvalue weighted by Gasteiger charge is 2.22. The number of fused-ring (bicyclic) bond motifs is 1. The summed E-state index contributed by atoms with van der Waals surface area (Å²) in [6.45, 7) is 1.84. The van der Waals surface area contributed by atoms with Crippen LogP contribution in [0.15, 0.2) is 12.3 Å². The molecule has 0 atom stereocenters. The fourth-order valence-electron chi connectivity index (χ4n) is 2.76. The highest BCUT2D eigenvalue weighted by molar-refractivity contribution is 5.90. The van der Waals surface area contributed by atoms with E-state index < -0.39 is 0 Å². The van der Waals surface area contributed by atoms with Gasteiger partial charge in [0.25, 0.3) is 0 Å². The fraction of sp³-hybridized carbons (Fsp3) is 0.500. The Morgan fingerprint density at radius 2 is 2.29 bits per heavy atom. The Labute approximate surface area is 122 Å². The highest BCUT2D eigenvalue weighted by atomic mass is 16.5. The molecule has 0 bridgehead atoms. The largest absolute Gasteiger partial charge is 0.381 e. The molecule has 0 spiro atoms. The van der Waals surface area contributed by atoms with Crippen molar-refractivity contribution in [3.8, 4) is 0 Å². The quantitative estimate of drug-likeness (QED) is 0.859. The summed E-state index contributed by atoms with van der Waals surface area (Å²) in [6.07, 6.45) is 4.24. The Morgan fingerprint density at radius 1 is 1.52 bits per heavy atom. The van der Waals surface area contributed by atoms with E-state index in [2.05, 4.69) is 20.1 Å². The smallest absolute Gasteiger partial charge is 0.223 e. The summed E-state index contributed by atoms with van der Waals surface area (Å²) < 4.78 is 5.39. The molecule has 2 aromatic heterocycles. The van der Waals surface area contributed by atoms with E-state index in [9.17, 15) is 4.79 Å². The summed E-state index contributed by atoms with van der Waals surface area (Å²) in [4.78, 5) is 17.5. The lowest BCUT2D eigenvalue weighted by Gasteiger charge is -2.31. The second-order valence-electron chi connectivity index (χ2n) is 5.33. The van der Waals surface area contributed by atoms with Crippen LogP contribution in [0.2, 0.25) is 0 Å². The van der Waals surface area contributed by atoms with Crippen molar-refractivity contribution in [1.29, 1.82) is 0 Å². The van der Waals surface area contributed by atoms with Gasteiger partial charge in [-0.25, -0.2) is 0 Å². The average Bonchev–Trinajstić information content (AvgIpc) is 2.90. The van der Waals surface area contributed by atoms with E-state index in [0.29, 0.717) is 11.8 Å². The van der Waals surface area contributed by atoms with Gasteiger partial charge in [0.2, 0.25) is 5.91 Å². The first-order valence-corrected chi connectivity index (χ1v) is 7.06. The molecule has 0 unspecified atom stereocenters. The van der Waals surface area contributed by atoms with Gasteiger partial charge in [-0.3, -0.25) is 14.9 Å². The first-order valence-electron chi connectivity index (χ1n) is 7.06. The van der Waals surface area contributed by atoms with Crippen LogP contribution in [0.25, 0.3) is 10.9 Å². The highest BCUT2D eigenvalue weighted by Crippen LogP contribution is 2.26. The summed E-state index contributed by atoms with van der Waals surface area (Å²) in [6, 6.07) is 1.83. The molecule has 3 heterocycles. The zero-order valence-corrected chi connectivity index (χ0v) is 12.0. The van der Waals surface area contributed by atoms with Crippen LogP contribution in [-0.2, 0) is 16.0 Å². The fourth-order valence-corrected chi connectivity index (χ4v) is 2.76. The number of rotatable bonds is 4. The van der Waals surface area contributed by atoms with Gasteiger partial charge < -0.3 is 15.4 Å². The van der Waals surface area contributed by atoms with Gasteiger partial charge in [0.1, 0.15) is 0 Å². The number of pyridine rings is 1. The van der Waals surface area contributed by atoms with Gasteiger partial charge in [0.05, 0.1) is 29.1 Å². The number of methoxy groups -OCH3 is 1. The number of nitrogens with two attached hydrogens (primary N) is 1. The van der Waals surface area contributed by atoms with E-state index in [0.717, 1.165) is 42.7 Å². The molecule has 0 saturated carbocycles. The molecule has 112 valence electrons. The molecule has 3 N–H and O–H groups in total. The molecule has 1 aliphatic heterocycles. The molecule has 21 heavy (non-hydrogen) atoms. The second-order valence-corrected chi connectivity index (χ2v) is 5.33. The van der Waals surface area contributed by atoms with Crippen molar-refractivity contribution < 1.29 is 9.53 Å². The number of nitrogens with one attached hydrogen (secondary N) is 1. The molecule has 7 heteroatoms. The van der Waals surface area contributed by atoms with Gasteiger partial charge in [0.15, 0.2) is 5.82 Å². The molecule has 1 aliphatic rings. The standard InChI is InChI=1S/C14H19N5O2/c1-21-10-2-4-19(5-3-10)14-11-8-16-9(7-13(15)20)6-12(11)17-18-14/h6,8,10H,2-5,7H2,1H3,(H2,15,20)(H,17,18). The van der Waals surface area contributed by atoms with Crippen molar-refractivity contribution in [3.63, 3.8) is 0 Å². The van der Waals surface area contributed by atoms with Crippen molar-refractivity contribution in [2.24, 2.45) is 5.73 Å². The maximum Gasteiger partial charge on any atom is 0.223 e. The third-order valence-corrected chi connectivity index (χ3v) is 3.91. The van der Waals surface area contributed by atoms with Crippen LogP contribution in [-0.4, -0.2) is 47.4 Å². The van der Waals surface area contributed by atoms with Crippen molar-refractivity contribution in [2.75, 3.05) is 25.1 Å². The minimum absolute atomic E-state index is 0.142. The van der Waals surface area contributed by atoms with Crippen LogP contribution in [0.4, 0.5) is 5.82 Å². The van der Waals surface area contributed by atoms with E-state index in [-0.39, 0.29) is 12.3 Å². The topological polar surface area (TPSA) is 97.1 Å². The number of nitrogens with zero attached hydrogens (tertiary/aromatic N) is 3. The summed E-state index contributed by atoms with van der Waals surface area (Å²) >= 11 is 0.